The number of dihydropyridines is 1. The molecule has 2 atom stereocenters. The van der Waals surface area contributed by atoms with Gasteiger partial charge in [-0.25, -0.2) is 4.99 Å². The maximum absolute atomic E-state index is 12.3. The molecule has 0 aromatic carbocycles. The maximum atomic E-state index is 12.3. The van der Waals surface area contributed by atoms with Crippen molar-refractivity contribution in [3.8, 4) is 0 Å². The van der Waals surface area contributed by atoms with E-state index in [-0.39, 0.29) is 12.3 Å². The summed E-state index contributed by atoms with van der Waals surface area (Å²) in [5, 5.41) is 0. The molecule has 0 aromatic rings. The van der Waals surface area contributed by atoms with Crippen LogP contribution in [0.2, 0.25) is 0 Å². The van der Waals surface area contributed by atoms with Gasteiger partial charge in [-0.2, -0.15) is 0 Å². The zero-order valence-electron chi connectivity index (χ0n) is 11.5. The number of nitrogens with zero attached hydrogens (tertiary/aromatic N) is 2. The summed E-state index contributed by atoms with van der Waals surface area (Å²) in [6, 6.07) is 0.512. The summed E-state index contributed by atoms with van der Waals surface area (Å²) >= 11 is 0. The molecule has 0 bridgehead atoms. The van der Waals surface area contributed by atoms with Gasteiger partial charge in [0.25, 0.3) is 0 Å². The van der Waals surface area contributed by atoms with Gasteiger partial charge >= 0.3 is 6.36 Å². The minimum atomic E-state index is -4.68. The lowest BCUT2D eigenvalue weighted by Crippen LogP contribution is -2.34. The third kappa shape index (κ3) is 4.21. The molecule has 0 amide bonds. The quantitative estimate of drug-likeness (QED) is 0.865. The first-order valence-corrected chi connectivity index (χ1v) is 6.88. The first-order valence-electron chi connectivity index (χ1n) is 6.88. The van der Waals surface area contributed by atoms with Gasteiger partial charge in [0.05, 0.1) is 0 Å². The summed E-state index contributed by atoms with van der Waals surface area (Å²) in [6.07, 6.45) is -0.782. The van der Waals surface area contributed by atoms with Crippen LogP contribution in [0, 0.1) is 0 Å². The molecule has 2 aliphatic heterocycles. The fraction of sp³-hybridized carbons (Fsp3) is 0.769. The molecule has 0 spiro atoms. The molecule has 2 aliphatic rings. The molecule has 0 saturated carbocycles. The van der Waals surface area contributed by atoms with E-state index in [0.29, 0.717) is 12.6 Å². The average Bonchev–Trinajstić information content (AvgIpc) is 2.72. The number of hydrogen-bond acceptors (Lipinski definition) is 4. The molecule has 4 nitrogen and oxygen atoms in total. The number of aliphatic imine (C=N–C) groups is 1. The van der Waals surface area contributed by atoms with Gasteiger partial charge in [-0.15, -0.1) is 13.2 Å². The number of likely N-dealkylation sites (tertiary alicyclic amines) is 1. The van der Waals surface area contributed by atoms with Crippen molar-refractivity contribution < 1.29 is 17.9 Å². The van der Waals surface area contributed by atoms with Gasteiger partial charge in [0.15, 0.2) is 6.23 Å². The Kier molecular flexibility index (Phi) is 4.70. The van der Waals surface area contributed by atoms with E-state index in [0.717, 1.165) is 31.4 Å². The van der Waals surface area contributed by atoms with E-state index < -0.39 is 12.6 Å². The normalized spacial score (nSPS) is 28.4. The van der Waals surface area contributed by atoms with Gasteiger partial charge in [-0.3, -0.25) is 9.64 Å². The van der Waals surface area contributed by atoms with Crippen LogP contribution in [0.5, 0.6) is 0 Å². The Balaban J connectivity index is 1.97. The number of halogens is 3. The summed E-state index contributed by atoms with van der Waals surface area (Å²) in [7, 11) is 0. The fourth-order valence-electron chi connectivity index (χ4n) is 2.90. The van der Waals surface area contributed by atoms with E-state index in [9.17, 15) is 13.2 Å². The first-order chi connectivity index (χ1) is 9.37. The Bertz CT molecular complexity index is 406. The molecular formula is C13H20F3N3O. The molecule has 2 heterocycles. The second kappa shape index (κ2) is 6.13. The minimum Gasteiger partial charge on any atom is -0.384 e. The molecule has 7 heteroatoms. The molecule has 1 unspecified atom stereocenters. The summed E-state index contributed by atoms with van der Waals surface area (Å²) in [6.45, 7) is 3.76. The van der Waals surface area contributed by atoms with Crippen LogP contribution in [0.1, 0.15) is 32.6 Å². The monoisotopic (exact) mass is 291 g/mol. The largest absolute Gasteiger partial charge is 0.524 e. The molecule has 20 heavy (non-hydrogen) atoms. The van der Waals surface area contributed by atoms with Crippen LogP contribution in [0.25, 0.3) is 0 Å². The smallest absolute Gasteiger partial charge is 0.384 e. The highest BCUT2D eigenvalue weighted by molar-refractivity contribution is 5.92. The summed E-state index contributed by atoms with van der Waals surface area (Å²) in [5.74, 6) is 0.104. The van der Waals surface area contributed by atoms with E-state index in [1.54, 1.807) is 6.08 Å². The number of ether oxygens (including phenoxy) is 1. The summed E-state index contributed by atoms with van der Waals surface area (Å²) in [5.41, 5.74) is 6.44. The summed E-state index contributed by atoms with van der Waals surface area (Å²) in [4.78, 5) is 5.99. The first kappa shape index (κ1) is 15.3. The number of nitrogens with two attached hydrogens (primary N) is 1. The van der Waals surface area contributed by atoms with Crippen LogP contribution < -0.4 is 5.73 Å². The molecule has 114 valence electrons. The van der Waals surface area contributed by atoms with Crippen molar-refractivity contribution in [3.63, 3.8) is 0 Å². The third-order valence-corrected chi connectivity index (χ3v) is 3.73. The van der Waals surface area contributed by atoms with Crippen LogP contribution in [0.3, 0.4) is 0 Å². The van der Waals surface area contributed by atoms with Crippen molar-refractivity contribution in [2.45, 2.75) is 51.2 Å². The van der Waals surface area contributed by atoms with Crippen LogP contribution in [-0.2, 0) is 4.74 Å². The molecular weight excluding hydrogens is 271 g/mol. The Hall–Kier alpha value is -1.08. The zero-order valence-corrected chi connectivity index (χ0v) is 11.5. The highest BCUT2D eigenvalue weighted by Crippen LogP contribution is 2.27. The predicted molar refractivity (Wildman–Crippen MR) is 70.1 cm³/mol. The predicted octanol–water partition coefficient (Wildman–Crippen LogP) is 2.41. The Morgan fingerprint density at radius 3 is 2.90 bits per heavy atom. The lowest BCUT2D eigenvalue weighted by atomic mass is 10.1. The van der Waals surface area contributed by atoms with E-state index in [2.05, 4.69) is 21.6 Å². The SMILES string of the molecule is CC[C@@H]1CCCN1CC1=CC(N)=NC(OC(F)(F)F)C1. The highest BCUT2D eigenvalue weighted by atomic mass is 19.4. The Labute approximate surface area is 116 Å². The van der Waals surface area contributed by atoms with Gasteiger partial charge in [0, 0.05) is 19.0 Å². The minimum absolute atomic E-state index is 0.104. The maximum Gasteiger partial charge on any atom is 0.524 e. The topological polar surface area (TPSA) is 50.8 Å². The number of rotatable bonds is 4. The molecule has 1 saturated heterocycles. The van der Waals surface area contributed by atoms with E-state index in [1.807, 2.05) is 0 Å². The number of amidine groups is 1. The van der Waals surface area contributed by atoms with Crippen molar-refractivity contribution in [2.24, 2.45) is 10.7 Å². The van der Waals surface area contributed by atoms with Crippen LogP contribution in [-0.4, -0.2) is 42.5 Å². The molecule has 0 aromatic heterocycles. The Morgan fingerprint density at radius 1 is 1.50 bits per heavy atom. The second-order valence-electron chi connectivity index (χ2n) is 5.25. The average molecular weight is 291 g/mol. The molecule has 1 fully saturated rings. The number of alkyl halides is 3. The zero-order chi connectivity index (χ0) is 14.8. The molecule has 2 rings (SSSR count). The van der Waals surface area contributed by atoms with Crippen molar-refractivity contribution in [2.75, 3.05) is 13.1 Å². The molecule has 0 radical (unpaired) electrons. The van der Waals surface area contributed by atoms with Gasteiger partial charge in [0.2, 0.25) is 0 Å². The fourth-order valence-corrected chi connectivity index (χ4v) is 2.90. The van der Waals surface area contributed by atoms with E-state index in [4.69, 9.17) is 5.73 Å². The van der Waals surface area contributed by atoms with Crippen molar-refractivity contribution in [3.05, 3.63) is 11.6 Å². The third-order valence-electron chi connectivity index (χ3n) is 3.73. The summed E-state index contributed by atoms with van der Waals surface area (Å²) < 4.78 is 40.7. The van der Waals surface area contributed by atoms with E-state index in [1.165, 1.54) is 0 Å². The van der Waals surface area contributed by atoms with Gasteiger partial charge < -0.3 is 5.73 Å². The lowest BCUT2D eigenvalue weighted by molar-refractivity contribution is -0.341. The lowest BCUT2D eigenvalue weighted by Gasteiger charge is -2.27. The van der Waals surface area contributed by atoms with E-state index >= 15 is 0 Å². The van der Waals surface area contributed by atoms with Crippen LogP contribution >= 0.6 is 0 Å². The highest BCUT2D eigenvalue weighted by Gasteiger charge is 2.35. The van der Waals surface area contributed by atoms with Crippen molar-refractivity contribution in [1.82, 2.24) is 4.90 Å². The van der Waals surface area contributed by atoms with Crippen LogP contribution in [0.4, 0.5) is 13.2 Å². The van der Waals surface area contributed by atoms with Crippen molar-refractivity contribution >= 4 is 5.84 Å². The van der Waals surface area contributed by atoms with Gasteiger partial charge in [-0.1, -0.05) is 6.92 Å². The van der Waals surface area contributed by atoms with Crippen LogP contribution in [0.15, 0.2) is 16.6 Å². The van der Waals surface area contributed by atoms with Gasteiger partial charge in [0.1, 0.15) is 5.84 Å². The standard InChI is InChI=1S/C13H20F3N3O/c1-2-10-4-3-5-19(10)8-9-6-11(17)18-12(7-9)20-13(14,15)16/h6,10,12H,2-5,7-8H2,1H3,(H2,17,18)/t10-,12?/m1/s1. The Morgan fingerprint density at radius 2 is 2.25 bits per heavy atom. The number of hydrogen-bond donors (Lipinski definition) is 1. The second-order valence-corrected chi connectivity index (χ2v) is 5.25. The molecule has 0 aliphatic carbocycles. The van der Waals surface area contributed by atoms with Gasteiger partial charge in [-0.05, 0) is 37.5 Å². The van der Waals surface area contributed by atoms with Crippen molar-refractivity contribution in [1.29, 1.82) is 0 Å². The molecule has 2 N–H and O–H groups in total.